The molecule has 44 heavy (non-hydrogen) atoms. The van der Waals surface area contributed by atoms with Gasteiger partial charge in [-0.1, -0.05) is 38.1 Å². The van der Waals surface area contributed by atoms with E-state index in [1.54, 1.807) is 18.6 Å². The fraction of sp³-hybridized carbons (Fsp3) is 0.212. The lowest BCUT2D eigenvalue weighted by Crippen LogP contribution is -2.08. The highest BCUT2D eigenvalue weighted by atomic mass is 32.2. The fourth-order valence-electron chi connectivity index (χ4n) is 4.40. The van der Waals surface area contributed by atoms with Gasteiger partial charge >= 0.3 is 0 Å². The average Bonchev–Trinajstić information content (AvgIpc) is 3.60. The molecule has 2 aromatic carbocycles. The molecule has 4 aromatic heterocycles. The number of benzene rings is 2. The fourth-order valence-corrected chi connectivity index (χ4v) is 4.91. The van der Waals surface area contributed by atoms with Gasteiger partial charge in [-0.05, 0) is 73.9 Å². The first-order valence-electron chi connectivity index (χ1n) is 14.2. The van der Waals surface area contributed by atoms with E-state index in [0.29, 0.717) is 40.5 Å². The SMILES string of the molecule is C=S(=C)(C)NCc1cc(F)cc(-c2nccc3[nH]c(-c4n[nH]c5ccc(-c6cncc(N)c6)cc45)nc23)c1.CCC.CNC. The summed E-state index contributed by atoms with van der Waals surface area (Å²) in [4.78, 5) is 17.0. The summed E-state index contributed by atoms with van der Waals surface area (Å²) in [6.45, 7) is 4.70. The van der Waals surface area contributed by atoms with Gasteiger partial charge in [0.1, 0.15) is 17.0 Å². The maximum atomic E-state index is 14.6. The number of imidazole rings is 1. The van der Waals surface area contributed by atoms with Crippen molar-refractivity contribution in [3.63, 3.8) is 0 Å². The van der Waals surface area contributed by atoms with E-state index in [1.807, 2.05) is 56.7 Å². The number of nitrogens with two attached hydrogens (primary N) is 1. The molecule has 0 spiro atoms. The smallest absolute Gasteiger partial charge is 0.159 e. The maximum absolute atomic E-state index is 14.6. The van der Waals surface area contributed by atoms with Crippen molar-refractivity contribution in [3.05, 3.63) is 78.5 Å². The molecule has 0 aliphatic carbocycles. The standard InChI is InChI=1S/C28H25FN8S.C3H8.C2H7N/c1-38(2,3)33-13-16-8-18(10-20(29)9-16)25-27-24(6-7-32-25)34-28(35-27)26-22-12-17(4-5-23(22)36-37-26)19-11-21(30)15-31-14-19;2*1-3-2/h4-12,14-15,33H,1-2,13,30H2,3H3,(H,34,35)(H,36,37);3H2,1-2H3;3H,1-2H3. The number of pyridine rings is 2. The van der Waals surface area contributed by atoms with Gasteiger partial charge in [-0.15, -0.1) is 0 Å². The zero-order valence-electron chi connectivity index (χ0n) is 25.8. The summed E-state index contributed by atoms with van der Waals surface area (Å²) < 4.78 is 17.9. The van der Waals surface area contributed by atoms with Crippen molar-refractivity contribution in [1.29, 1.82) is 0 Å². The highest BCUT2D eigenvalue weighted by molar-refractivity contribution is 8.25. The second-order valence-corrected chi connectivity index (χ2v) is 13.5. The molecular formula is C33H40FN9S. The molecule has 0 fully saturated rings. The van der Waals surface area contributed by atoms with Crippen LogP contribution in [0.5, 0.6) is 0 Å². The normalized spacial score (nSPS) is 11.1. The van der Waals surface area contributed by atoms with Crippen LogP contribution in [-0.2, 0) is 6.54 Å². The number of hydrogen-bond acceptors (Lipinski definition) is 7. The number of aromatic nitrogens is 6. The molecule has 0 aliphatic heterocycles. The number of nitrogen functional groups attached to an aromatic ring is 1. The van der Waals surface area contributed by atoms with Gasteiger partial charge in [-0.25, -0.2) is 9.37 Å². The summed E-state index contributed by atoms with van der Waals surface area (Å²) in [7, 11) is 2.31. The van der Waals surface area contributed by atoms with E-state index < -0.39 is 9.39 Å². The zero-order valence-corrected chi connectivity index (χ0v) is 26.6. The number of nitrogens with zero attached hydrogens (tertiary/aromatic N) is 4. The Morgan fingerprint density at radius 2 is 1.68 bits per heavy atom. The Labute approximate surface area is 258 Å². The van der Waals surface area contributed by atoms with Crippen LogP contribution < -0.4 is 15.8 Å². The van der Waals surface area contributed by atoms with Crippen LogP contribution in [-0.4, -0.2) is 62.2 Å². The van der Waals surface area contributed by atoms with Crippen LogP contribution in [0.1, 0.15) is 25.8 Å². The predicted molar refractivity (Wildman–Crippen MR) is 188 cm³/mol. The minimum absolute atomic E-state index is 0.347. The van der Waals surface area contributed by atoms with Crippen molar-refractivity contribution in [3.8, 4) is 33.9 Å². The van der Waals surface area contributed by atoms with Crippen molar-refractivity contribution in [2.24, 2.45) is 0 Å². The van der Waals surface area contributed by atoms with Crippen molar-refractivity contribution in [2.75, 3.05) is 26.1 Å². The van der Waals surface area contributed by atoms with Gasteiger partial charge in [0.05, 0.1) is 22.4 Å². The van der Waals surface area contributed by atoms with Crippen LogP contribution in [0.2, 0.25) is 0 Å². The first-order chi connectivity index (χ1) is 21.1. The number of rotatable bonds is 6. The monoisotopic (exact) mass is 613 g/mol. The Balaban J connectivity index is 0.000000683. The van der Waals surface area contributed by atoms with E-state index in [-0.39, 0.29) is 5.82 Å². The van der Waals surface area contributed by atoms with E-state index in [9.17, 15) is 4.39 Å². The molecule has 0 saturated carbocycles. The molecule has 11 heteroatoms. The second kappa shape index (κ2) is 14.3. The molecule has 4 heterocycles. The Bertz CT molecular complexity index is 1970. The molecular weight excluding hydrogens is 573 g/mol. The molecule has 9 nitrogen and oxygen atoms in total. The lowest BCUT2D eigenvalue weighted by atomic mass is 10.0. The number of fused-ring (bicyclic) bond motifs is 2. The molecule has 0 radical (unpaired) electrons. The summed E-state index contributed by atoms with van der Waals surface area (Å²) >= 11 is 0. The Kier molecular flexibility index (Phi) is 10.5. The minimum atomic E-state index is -1.44. The van der Waals surface area contributed by atoms with Crippen molar-refractivity contribution in [2.45, 2.75) is 26.8 Å². The molecule has 230 valence electrons. The highest BCUT2D eigenvalue weighted by Gasteiger charge is 2.17. The molecule has 0 saturated heterocycles. The van der Waals surface area contributed by atoms with Gasteiger partial charge in [0.25, 0.3) is 0 Å². The summed E-state index contributed by atoms with van der Waals surface area (Å²) in [5.41, 5.74) is 13.3. The van der Waals surface area contributed by atoms with Crippen molar-refractivity contribution in [1.82, 2.24) is 40.2 Å². The van der Waals surface area contributed by atoms with Gasteiger partial charge < -0.3 is 16.0 Å². The lowest BCUT2D eigenvalue weighted by molar-refractivity contribution is 0.625. The van der Waals surface area contributed by atoms with Crippen molar-refractivity contribution >= 4 is 48.8 Å². The molecule has 6 aromatic rings. The first-order valence-corrected chi connectivity index (χ1v) is 16.6. The number of halogens is 1. The molecule has 0 unspecified atom stereocenters. The van der Waals surface area contributed by atoms with E-state index >= 15 is 0 Å². The number of hydrogen-bond donors (Lipinski definition) is 5. The summed E-state index contributed by atoms with van der Waals surface area (Å²) in [6.07, 6.45) is 8.26. The second-order valence-electron chi connectivity index (χ2n) is 10.6. The summed E-state index contributed by atoms with van der Waals surface area (Å²) in [5.74, 6) is 8.29. The number of aromatic amines is 2. The Morgan fingerprint density at radius 3 is 2.39 bits per heavy atom. The van der Waals surface area contributed by atoms with Gasteiger partial charge in [0, 0.05) is 41.6 Å². The van der Waals surface area contributed by atoms with Gasteiger partial charge in [-0.3, -0.25) is 19.8 Å². The largest absolute Gasteiger partial charge is 0.397 e. The van der Waals surface area contributed by atoms with Gasteiger partial charge in [-0.2, -0.15) is 14.5 Å². The van der Waals surface area contributed by atoms with E-state index in [0.717, 1.165) is 33.1 Å². The van der Waals surface area contributed by atoms with Crippen LogP contribution in [0.25, 0.3) is 55.8 Å². The molecule has 6 rings (SSSR count). The number of nitrogens with one attached hydrogen (secondary N) is 4. The van der Waals surface area contributed by atoms with Crippen LogP contribution in [0, 0.1) is 5.82 Å². The van der Waals surface area contributed by atoms with Crippen LogP contribution in [0.4, 0.5) is 10.1 Å². The third-order valence-corrected chi connectivity index (χ3v) is 6.98. The van der Waals surface area contributed by atoms with Gasteiger partial charge in [0.2, 0.25) is 0 Å². The molecule has 0 atom stereocenters. The summed E-state index contributed by atoms with van der Waals surface area (Å²) in [6, 6.07) is 14.6. The Morgan fingerprint density at radius 1 is 0.932 bits per heavy atom. The van der Waals surface area contributed by atoms with Crippen LogP contribution >= 0.6 is 9.39 Å². The topological polar surface area (TPSA) is 133 Å². The molecule has 0 aliphatic rings. The van der Waals surface area contributed by atoms with E-state index in [4.69, 9.17) is 10.7 Å². The number of H-pyrrole nitrogens is 2. The van der Waals surface area contributed by atoms with Crippen molar-refractivity contribution < 1.29 is 4.39 Å². The number of anilines is 1. The summed E-state index contributed by atoms with van der Waals surface area (Å²) in [5, 5.41) is 11.3. The van der Waals surface area contributed by atoms with Gasteiger partial charge in [0.15, 0.2) is 5.82 Å². The first kappa shape index (κ1) is 32.3. The Hall–Kier alpha value is -4.58. The van der Waals surface area contributed by atoms with E-state index in [1.165, 1.54) is 18.6 Å². The highest BCUT2D eigenvalue weighted by Crippen LogP contribution is 2.33. The predicted octanol–water partition coefficient (Wildman–Crippen LogP) is 6.51. The van der Waals surface area contributed by atoms with E-state index in [2.05, 4.69) is 60.8 Å². The molecule has 6 N–H and O–H groups in total. The lowest BCUT2D eigenvalue weighted by Gasteiger charge is -2.12. The zero-order chi connectivity index (χ0) is 31.9. The third kappa shape index (κ3) is 7.87. The van der Waals surface area contributed by atoms with Crippen LogP contribution in [0.3, 0.4) is 0 Å². The average molecular weight is 614 g/mol. The third-order valence-electron chi connectivity index (χ3n) is 6.14. The maximum Gasteiger partial charge on any atom is 0.159 e. The minimum Gasteiger partial charge on any atom is -0.397 e. The quantitative estimate of drug-likeness (QED) is 0.135. The molecule has 0 bridgehead atoms. The molecule has 0 amide bonds. The van der Waals surface area contributed by atoms with Crippen LogP contribution in [0.15, 0.2) is 67.1 Å².